The molecule has 1 unspecified atom stereocenters. The molecule has 162 valence electrons. The third-order valence-electron chi connectivity index (χ3n) is 5.03. The lowest BCUT2D eigenvalue weighted by atomic mass is 10.0. The van der Waals surface area contributed by atoms with E-state index < -0.39 is 12.1 Å². The average Bonchev–Trinajstić information content (AvgIpc) is 3.10. The van der Waals surface area contributed by atoms with E-state index in [-0.39, 0.29) is 13.2 Å². The molecule has 1 atom stereocenters. The van der Waals surface area contributed by atoms with Gasteiger partial charge in [0.15, 0.2) is 0 Å². The van der Waals surface area contributed by atoms with Gasteiger partial charge in [0.1, 0.15) is 6.61 Å². The van der Waals surface area contributed by atoms with E-state index in [1.807, 2.05) is 6.08 Å². The molecule has 0 bridgehead atoms. The van der Waals surface area contributed by atoms with Crippen LogP contribution in [0.1, 0.15) is 72.6 Å². The highest BCUT2D eigenvalue weighted by Crippen LogP contribution is 2.17. The summed E-state index contributed by atoms with van der Waals surface area (Å²) in [5.74, 6) is -0.399. The average molecular weight is 403 g/mol. The van der Waals surface area contributed by atoms with Crippen LogP contribution in [0.5, 0.6) is 0 Å². The largest absolute Gasteiger partial charge is 0.458 e. The molecule has 1 heterocycles. The minimum absolute atomic E-state index is 0.0122. The lowest BCUT2D eigenvalue weighted by Gasteiger charge is -2.09. The summed E-state index contributed by atoms with van der Waals surface area (Å²) < 4.78 is 4.81. The fourth-order valence-electron chi connectivity index (χ4n) is 3.10. The zero-order valence-corrected chi connectivity index (χ0v) is 18.5. The zero-order valence-electron chi connectivity index (χ0n) is 18.5. The van der Waals surface area contributed by atoms with Crippen molar-refractivity contribution in [2.75, 3.05) is 13.2 Å². The number of aliphatic hydroxyl groups excluding tert-OH is 2. The predicted octanol–water partition coefficient (Wildman–Crippen LogP) is 5.34. The maximum atomic E-state index is 11.1. The number of carbonyl (C=O) groups excluding carboxylic acids is 1. The Morgan fingerprint density at radius 2 is 1.59 bits per heavy atom. The Labute approximate surface area is 176 Å². The standard InChI is InChI=1S/C25H38O4/c1-19(2)8-5-9-20(3)10-6-11-21(4)12-7-13-22(17-26)14-15-24(27)23-16-25(28)29-18-23/h8,10,12,14,16,24,26-27H,5-7,9,11,13,15,17-18H2,1-4H3. The summed E-state index contributed by atoms with van der Waals surface area (Å²) in [6, 6.07) is 0. The highest BCUT2D eigenvalue weighted by molar-refractivity contribution is 5.85. The van der Waals surface area contributed by atoms with Crippen LogP contribution in [0.2, 0.25) is 0 Å². The van der Waals surface area contributed by atoms with Gasteiger partial charge in [-0.15, -0.1) is 0 Å². The Hall–Kier alpha value is -1.91. The molecule has 4 heteroatoms. The number of allylic oxidation sites excluding steroid dienone is 6. The normalized spacial score (nSPS) is 16.6. The summed E-state index contributed by atoms with van der Waals surface area (Å²) in [5.41, 5.74) is 5.70. The first-order valence-electron chi connectivity index (χ1n) is 10.6. The summed E-state index contributed by atoms with van der Waals surface area (Å²) >= 11 is 0. The Balaban J connectivity index is 2.34. The van der Waals surface area contributed by atoms with Crippen molar-refractivity contribution in [3.63, 3.8) is 0 Å². The van der Waals surface area contributed by atoms with E-state index in [0.717, 1.165) is 44.1 Å². The molecule has 1 aliphatic rings. The number of esters is 1. The molecule has 0 radical (unpaired) electrons. The number of aliphatic hydroxyl groups is 2. The zero-order chi connectivity index (χ0) is 21.6. The number of carbonyl (C=O) groups is 1. The minimum Gasteiger partial charge on any atom is -0.458 e. The van der Waals surface area contributed by atoms with Crippen LogP contribution in [0.25, 0.3) is 0 Å². The summed E-state index contributed by atoms with van der Waals surface area (Å²) in [6.07, 6.45) is 15.7. The Morgan fingerprint density at radius 3 is 2.10 bits per heavy atom. The number of ether oxygens (including phenoxy) is 1. The fraction of sp³-hybridized carbons (Fsp3) is 0.560. The fourth-order valence-corrected chi connectivity index (χ4v) is 3.10. The summed E-state index contributed by atoms with van der Waals surface area (Å²) in [4.78, 5) is 11.1. The first-order valence-corrected chi connectivity index (χ1v) is 10.6. The first-order chi connectivity index (χ1) is 13.8. The third-order valence-corrected chi connectivity index (χ3v) is 5.03. The summed E-state index contributed by atoms with van der Waals surface area (Å²) in [6.45, 7) is 8.78. The van der Waals surface area contributed by atoms with Crippen molar-refractivity contribution < 1.29 is 19.7 Å². The van der Waals surface area contributed by atoms with Crippen molar-refractivity contribution in [1.82, 2.24) is 0 Å². The Morgan fingerprint density at radius 1 is 1.00 bits per heavy atom. The molecule has 0 aromatic carbocycles. The topological polar surface area (TPSA) is 66.8 Å². The molecule has 1 aliphatic heterocycles. The van der Waals surface area contributed by atoms with E-state index in [2.05, 4.69) is 45.9 Å². The Kier molecular flexibility index (Phi) is 12.2. The van der Waals surface area contributed by atoms with Gasteiger partial charge in [0, 0.05) is 11.6 Å². The predicted molar refractivity (Wildman–Crippen MR) is 119 cm³/mol. The Bertz CT molecular complexity index is 673. The van der Waals surface area contributed by atoms with E-state index in [1.165, 1.54) is 22.8 Å². The van der Waals surface area contributed by atoms with Crippen molar-refractivity contribution in [2.24, 2.45) is 0 Å². The van der Waals surface area contributed by atoms with Crippen LogP contribution in [0.15, 0.2) is 58.2 Å². The van der Waals surface area contributed by atoms with Gasteiger partial charge in [0.25, 0.3) is 0 Å². The summed E-state index contributed by atoms with van der Waals surface area (Å²) in [7, 11) is 0. The van der Waals surface area contributed by atoms with Crippen LogP contribution in [-0.4, -0.2) is 35.5 Å². The second kappa shape index (κ2) is 14.1. The van der Waals surface area contributed by atoms with Crippen molar-refractivity contribution >= 4 is 5.97 Å². The van der Waals surface area contributed by atoms with E-state index in [4.69, 9.17) is 4.74 Å². The van der Waals surface area contributed by atoms with E-state index in [0.29, 0.717) is 12.0 Å². The van der Waals surface area contributed by atoms with Crippen LogP contribution in [0, 0.1) is 0 Å². The van der Waals surface area contributed by atoms with Crippen LogP contribution < -0.4 is 0 Å². The van der Waals surface area contributed by atoms with Gasteiger partial charge in [-0.05, 0) is 78.2 Å². The van der Waals surface area contributed by atoms with Crippen molar-refractivity contribution in [3.05, 3.63) is 58.2 Å². The second-order valence-corrected chi connectivity index (χ2v) is 8.10. The minimum atomic E-state index is -0.730. The van der Waals surface area contributed by atoms with E-state index in [9.17, 15) is 15.0 Å². The molecule has 1 rings (SSSR count). The molecular weight excluding hydrogens is 364 g/mol. The molecule has 2 N–H and O–H groups in total. The van der Waals surface area contributed by atoms with Gasteiger partial charge < -0.3 is 14.9 Å². The molecule has 4 nitrogen and oxygen atoms in total. The lowest BCUT2D eigenvalue weighted by Crippen LogP contribution is -2.11. The number of hydrogen-bond donors (Lipinski definition) is 2. The van der Waals surface area contributed by atoms with Gasteiger partial charge in [-0.25, -0.2) is 4.79 Å². The molecule has 0 aromatic heterocycles. The number of cyclic esters (lactones) is 1. The second-order valence-electron chi connectivity index (χ2n) is 8.10. The van der Waals surface area contributed by atoms with Crippen LogP contribution >= 0.6 is 0 Å². The SMILES string of the molecule is CC(C)=CCCC(C)=CCCC(C)=CCCC(=CCC(O)C1=CC(=O)OC1)CO. The van der Waals surface area contributed by atoms with Gasteiger partial charge in [-0.2, -0.15) is 0 Å². The van der Waals surface area contributed by atoms with E-state index in [1.54, 1.807) is 0 Å². The molecule has 0 aromatic rings. The van der Waals surface area contributed by atoms with Gasteiger partial charge >= 0.3 is 5.97 Å². The number of hydrogen-bond acceptors (Lipinski definition) is 4. The molecule has 29 heavy (non-hydrogen) atoms. The van der Waals surface area contributed by atoms with Gasteiger partial charge in [0.05, 0.1) is 12.7 Å². The van der Waals surface area contributed by atoms with Crippen LogP contribution in [0.4, 0.5) is 0 Å². The molecule has 0 spiro atoms. The first kappa shape index (κ1) is 25.1. The highest BCUT2D eigenvalue weighted by atomic mass is 16.5. The smallest absolute Gasteiger partial charge is 0.331 e. The van der Waals surface area contributed by atoms with Gasteiger partial charge in [-0.3, -0.25) is 0 Å². The molecule has 0 amide bonds. The van der Waals surface area contributed by atoms with Crippen LogP contribution in [-0.2, 0) is 9.53 Å². The monoisotopic (exact) mass is 402 g/mol. The van der Waals surface area contributed by atoms with Crippen molar-refractivity contribution in [1.29, 1.82) is 0 Å². The molecule has 0 fully saturated rings. The van der Waals surface area contributed by atoms with Crippen molar-refractivity contribution in [2.45, 2.75) is 78.7 Å². The van der Waals surface area contributed by atoms with Gasteiger partial charge in [0.2, 0.25) is 0 Å². The third kappa shape index (κ3) is 11.6. The molecule has 0 saturated carbocycles. The number of rotatable bonds is 13. The lowest BCUT2D eigenvalue weighted by molar-refractivity contribution is -0.135. The van der Waals surface area contributed by atoms with Crippen LogP contribution in [0.3, 0.4) is 0 Å². The van der Waals surface area contributed by atoms with E-state index >= 15 is 0 Å². The quantitative estimate of drug-likeness (QED) is 0.322. The maximum Gasteiger partial charge on any atom is 0.331 e. The van der Waals surface area contributed by atoms with Crippen molar-refractivity contribution in [3.8, 4) is 0 Å². The van der Waals surface area contributed by atoms with Gasteiger partial charge in [-0.1, -0.05) is 41.0 Å². The maximum absolute atomic E-state index is 11.1. The molecule has 0 aliphatic carbocycles. The molecule has 0 saturated heterocycles. The summed E-state index contributed by atoms with van der Waals surface area (Å²) in [5, 5.41) is 19.6. The highest BCUT2D eigenvalue weighted by Gasteiger charge is 2.19. The molecular formula is C25H38O4.